The largest absolute Gasteiger partial charge is 0.493 e. The van der Waals surface area contributed by atoms with Crippen molar-refractivity contribution in [1.82, 2.24) is 4.98 Å². The van der Waals surface area contributed by atoms with E-state index in [0.717, 1.165) is 58.1 Å². The lowest BCUT2D eigenvalue weighted by molar-refractivity contribution is 0.0528. The van der Waals surface area contributed by atoms with Gasteiger partial charge in [0, 0.05) is 36.2 Å². The van der Waals surface area contributed by atoms with Gasteiger partial charge < -0.3 is 29.4 Å². The number of hydrogen-bond donors (Lipinski definition) is 2. The summed E-state index contributed by atoms with van der Waals surface area (Å²) >= 11 is 0. The second kappa shape index (κ2) is 10.1. The van der Waals surface area contributed by atoms with Crippen LogP contribution in [0.25, 0.3) is 10.9 Å². The van der Waals surface area contributed by atoms with E-state index in [0.29, 0.717) is 25.3 Å². The van der Waals surface area contributed by atoms with E-state index >= 15 is 0 Å². The molecule has 0 saturated carbocycles. The molecule has 1 aliphatic heterocycles. The molecule has 176 valence electrons. The third-order valence-corrected chi connectivity index (χ3v) is 6.04. The predicted octanol–water partition coefficient (Wildman–Crippen LogP) is 5.27. The molecule has 0 amide bonds. The van der Waals surface area contributed by atoms with Crippen molar-refractivity contribution >= 4 is 28.2 Å². The fourth-order valence-electron chi connectivity index (χ4n) is 4.49. The lowest BCUT2D eigenvalue weighted by Gasteiger charge is -2.23. The molecule has 7 nitrogen and oxygen atoms in total. The number of benzene rings is 2. The molecule has 33 heavy (non-hydrogen) atoms. The Morgan fingerprint density at radius 2 is 1.88 bits per heavy atom. The van der Waals surface area contributed by atoms with E-state index in [2.05, 4.69) is 27.3 Å². The SMILES string of the molecule is CCOC(=O)c1c(C)[nH]c2cc(NCc3ccc(OC)c(OCC)c3)c(N3CCCC3)cc12. The molecule has 0 radical (unpaired) electrons. The molecule has 0 aliphatic carbocycles. The normalized spacial score (nSPS) is 13.4. The van der Waals surface area contributed by atoms with Crippen LogP contribution in [0.2, 0.25) is 0 Å². The number of aryl methyl sites for hydroxylation is 1. The van der Waals surface area contributed by atoms with Gasteiger partial charge in [-0.25, -0.2) is 4.79 Å². The number of nitrogens with zero attached hydrogens (tertiary/aromatic N) is 1. The summed E-state index contributed by atoms with van der Waals surface area (Å²) in [4.78, 5) is 18.4. The van der Waals surface area contributed by atoms with Crippen molar-refractivity contribution in [3.8, 4) is 11.5 Å². The molecule has 2 N–H and O–H groups in total. The van der Waals surface area contributed by atoms with Crippen molar-refractivity contribution in [1.29, 1.82) is 0 Å². The highest BCUT2D eigenvalue weighted by atomic mass is 16.5. The maximum Gasteiger partial charge on any atom is 0.340 e. The number of nitrogens with one attached hydrogen (secondary N) is 2. The first-order valence-corrected chi connectivity index (χ1v) is 11.7. The molecule has 1 saturated heterocycles. The fraction of sp³-hybridized carbons (Fsp3) is 0.423. The van der Waals surface area contributed by atoms with Gasteiger partial charge >= 0.3 is 5.97 Å². The Morgan fingerprint density at radius 3 is 2.58 bits per heavy atom. The van der Waals surface area contributed by atoms with Crippen LogP contribution < -0.4 is 19.7 Å². The van der Waals surface area contributed by atoms with Crippen molar-refractivity contribution < 1.29 is 19.0 Å². The average molecular weight is 452 g/mol. The number of carbonyl (C=O) groups is 1. The molecule has 1 fully saturated rings. The van der Waals surface area contributed by atoms with Crippen LogP contribution in [0, 0.1) is 6.92 Å². The van der Waals surface area contributed by atoms with Gasteiger partial charge in [-0.3, -0.25) is 0 Å². The standard InChI is InChI=1S/C26H33N3O4/c1-5-32-24-13-18(9-10-23(24)31-4)16-27-21-15-20-19(14-22(21)29-11-7-8-12-29)25(17(3)28-20)26(30)33-6-2/h9-10,13-15,27-28H,5-8,11-12,16H2,1-4H3. The third-order valence-electron chi connectivity index (χ3n) is 6.04. The molecule has 2 heterocycles. The van der Waals surface area contributed by atoms with Crippen molar-refractivity contribution in [3.63, 3.8) is 0 Å². The number of aromatic nitrogens is 1. The van der Waals surface area contributed by atoms with Gasteiger partial charge in [-0.2, -0.15) is 0 Å². The van der Waals surface area contributed by atoms with Gasteiger partial charge in [0.2, 0.25) is 0 Å². The zero-order valence-corrected chi connectivity index (χ0v) is 19.9. The first-order chi connectivity index (χ1) is 16.0. The first kappa shape index (κ1) is 22.8. The van der Waals surface area contributed by atoms with Crippen LogP contribution in [0.5, 0.6) is 11.5 Å². The van der Waals surface area contributed by atoms with Crippen LogP contribution in [-0.4, -0.2) is 44.4 Å². The highest BCUT2D eigenvalue weighted by Gasteiger charge is 2.22. The predicted molar refractivity (Wildman–Crippen MR) is 132 cm³/mol. The quantitative estimate of drug-likeness (QED) is 0.432. The number of methoxy groups -OCH3 is 1. The van der Waals surface area contributed by atoms with E-state index in [1.165, 1.54) is 12.8 Å². The first-order valence-electron chi connectivity index (χ1n) is 11.7. The maximum absolute atomic E-state index is 12.6. The number of H-pyrrole nitrogens is 1. The summed E-state index contributed by atoms with van der Waals surface area (Å²) in [7, 11) is 1.65. The molecular weight excluding hydrogens is 418 g/mol. The van der Waals surface area contributed by atoms with E-state index in [9.17, 15) is 4.79 Å². The minimum Gasteiger partial charge on any atom is -0.493 e. The monoisotopic (exact) mass is 451 g/mol. The van der Waals surface area contributed by atoms with Crippen LogP contribution in [-0.2, 0) is 11.3 Å². The minimum atomic E-state index is -0.281. The van der Waals surface area contributed by atoms with Crippen molar-refractivity contribution in [2.24, 2.45) is 0 Å². The van der Waals surface area contributed by atoms with Crippen LogP contribution in [0.15, 0.2) is 30.3 Å². The smallest absolute Gasteiger partial charge is 0.340 e. The number of carbonyl (C=O) groups excluding carboxylic acids is 1. The van der Waals surface area contributed by atoms with Gasteiger partial charge in [0.15, 0.2) is 11.5 Å². The van der Waals surface area contributed by atoms with Gasteiger partial charge in [0.05, 0.1) is 37.3 Å². The molecule has 0 bridgehead atoms. The number of fused-ring (bicyclic) bond motifs is 1. The van der Waals surface area contributed by atoms with E-state index < -0.39 is 0 Å². The number of esters is 1. The molecular formula is C26H33N3O4. The number of hydrogen-bond acceptors (Lipinski definition) is 6. The Morgan fingerprint density at radius 1 is 1.09 bits per heavy atom. The summed E-state index contributed by atoms with van der Waals surface area (Å²) in [6.07, 6.45) is 2.34. The van der Waals surface area contributed by atoms with Crippen molar-refractivity contribution in [3.05, 3.63) is 47.2 Å². The third kappa shape index (κ3) is 4.72. The Kier molecular flexibility index (Phi) is 6.96. The molecule has 3 aromatic rings. The Bertz CT molecular complexity index is 1130. The fourth-order valence-corrected chi connectivity index (χ4v) is 4.49. The van der Waals surface area contributed by atoms with Crippen molar-refractivity contribution in [2.75, 3.05) is 43.6 Å². The maximum atomic E-state index is 12.6. The zero-order chi connectivity index (χ0) is 23.4. The molecule has 7 heteroatoms. The van der Waals surface area contributed by atoms with E-state index in [-0.39, 0.29) is 5.97 Å². The molecule has 1 aliphatic rings. The number of aromatic amines is 1. The van der Waals surface area contributed by atoms with Crippen molar-refractivity contribution in [2.45, 2.75) is 40.2 Å². The van der Waals surface area contributed by atoms with Gasteiger partial charge in [-0.05, 0) is 63.4 Å². The molecule has 2 aromatic carbocycles. The van der Waals surface area contributed by atoms with Crippen LogP contribution >= 0.6 is 0 Å². The number of anilines is 2. The van der Waals surface area contributed by atoms with Crippen LogP contribution in [0.3, 0.4) is 0 Å². The summed E-state index contributed by atoms with van der Waals surface area (Å²) in [6.45, 7) is 9.31. The minimum absolute atomic E-state index is 0.281. The molecule has 0 atom stereocenters. The van der Waals surface area contributed by atoms with E-state index in [4.69, 9.17) is 14.2 Å². The highest BCUT2D eigenvalue weighted by molar-refractivity contribution is 6.08. The summed E-state index contributed by atoms with van der Waals surface area (Å²) in [5.74, 6) is 1.19. The summed E-state index contributed by atoms with van der Waals surface area (Å²) in [5, 5.41) is 4.52. The molecule has 0 unspecified atom stereocenters. The number of rotatable bonds is 9. The summed E-state index contributed by atoms with van der Waals surface area (Å²) < 4.78 is 16.5. The second-order valence-electron chi connectivity index (χ2n) is 8.23. The summed E-state index contributed by atoms with van der Waals surface area (Å²) in [6, 6.07) is 10.2. The average Bonchev–Trinajstić information content (AvgIpc) is 3.44. The second-order valence-corrected chi connectivity index (χ2v) is 8.23. The Hall–Kier alpha value is -3.35. The highest BCUT2D eigenvalue weighted by Crippen LogP contribution is 2.36. The Balaban J connectivity index is 1.68. The molecule has 4 rings (SSSR count). The van der Waals surface area contributed by atoms with E-state index in [1.54, 1.807) is 7.11 Å². The lowest BCUT2D eigenvalue weighted by atomic mass is 10.1. The Labute approximate surface area is 195 Å². The zero-order valence-electron chi connectivity index (χ0n) is 19.9. The van der Waals surface area contributed by atoms with Gasteiger partial charge in [0.1, 0.15) is 0 Å². The van der Waals surface area contributed by atoms with Gasteiger partial charge in [-0.1, -0.05) is 6.07 Å². The number of ether oxygens (including phenoxy) is 3. The van der Waals surface area contributed by atoms with Crippen LogP contribution in [0.4, 0.5) is 11.4 Å². The molecule has 1 aromatic heterocycles. The molecule has 0 spiro atoms. The van der Waals surface area contributed by atoms with Gasteiger partial charge in [0.25, 0.3) is 0 Å². The van der Waals surface area contributed by atoms with Gasteiger partial charge in [-0.15, -0.1) is 0 Å². The lowest BCUT2D eigenvalue weighted by Crippen LogP contribution is -2.19. The van der Waals surface area contributed by atoms with E-state index in [1.807, 2.05) is 39.0 Å². The van der Waals surface area contributed by atoms with Crippen LogP contribution in [0.1, 0.15) is 48.3 Å². The topological polar surface area (TPSA) is 75.8 Å². The summed E-state index contributed by atoms with van der Waals surface area (Å²) in [5.41, 5.74) is 5.62.